The summed E-state index contributed by atoms with van der Waals surface area (Å²) in [7, 11) is 0. The molecule has 0 bridgehead atoms. The number of non-ortho nitro benzene ring substituents is 1. The molecule has 0 radical (unpaired) electrons. The number of benzene rings is 2. The number of hydrogen-bond acceptors (Lipinski definition) is 4. The fourth-order valence-corrected chi connectivity index (χ4v) is 2.68. The molecule has 0 aromatic heterocycles. The Morgan fingerprint density at radius 1 is 1.25 bits per heavy atom. The van der Waals surface area contributed by atoms with Crippen molar-refractivity contribution in [3.05, 3.63) is 68.2 Å². The molecule has 126 valence electrons. The number of halogens is 2. The maximum atomic E-state index is 12.0. The van der Waals surface area contributed by atoms with E-state index in [4.69, 9.17) is 23.2 Å². The van der Waals surface area contributed by atoms with Crippen molar-refractivity contribution in [1.82, 2.24) is 5.32 Å². The summed E-state index contributed by atoms with van der Waals surface area (Å²) in [5, 5.41) is 17.4. The summed E-state index contributed by atoms with van der Waals surface area (Å²) in [6.45, 7) is 1.90. The van der Waals surface area contributed by atoms with Gasteiger partial charge in [0.2, 0.25) is 5.91 Å². The Bertz CT molecular complexity index is 768. The molecular weight excluding hydrogens is 353 g/mol. The van der Waals surface area contributed by atoms with E-state index in [-0.39, 0.29) is 24.2 Å². The van der Waals surface area contributed by atoms with E-state index in [2.05, 4.69) is 10.6 Å². The highest BCUT2D eigenvalue weighted by atomic mass is 35.5. The second kappa shape index (κ2) is 8.10. The number of nitro groups is 1. The molecule has 1 atom stereocenters. The van der Waals surface area contributed by atoms with Crippen LogP contribution in [0.1, 0.15) is 18.5 Å². The summed E-state index contributed by atoms with van der Waals surface area (Å²) in [6, 6.07) is 10.8. The molecule has 6 nitrogen and oxygen atoms in total. The maximum absolute atomic E-state index is 12.0. The van der Waals surface area contributed by atoms with Crippen molar-refractivity contribution in [3.63, 3.8) is 0 Å². The van der Waals surface area contributed by atoms with Gasteiger partial charge in [-0.05, 0) is 30.7 Å². The van der Waals surface area contributed by atoms with Gasteiger partial charge in [0.05, 0.1) is 11.5 Å². The first-order valence-corrected chi connectivity index (χ1v) is 7.85. The molecule has 0 unspecified atom stereocenters. The predicted molar refractivity (Wildman–Crippen MR) is 94.6 cm³/mol. The molecule has 0 aliphatic rings. The third-order valence-corrected chi connectivity index (χ3v) is 3.90. The number of rotatable bonds is 6. The van der Waals surface area contributed by atoms with Gasteiger partial charge in [0.25, 0.3) is 5.69 Å². The minimum Gasteiger partial charge on any atom is -0.325 e. The monoisotopic (exact) mass is 367 g/mol. The van der Waals surface area contributed by atoms with Gasteiger partial charge in [-0.25, -0.2) is 0 Å². The zero-order valence-electron chi connectivity index (χ0n) is 12.8. The van der Waals surface area contributed by atoms with Crippen molar-refractivity contribution in [2.24, 2.45) is 0 Å². The van der Waals surface area contributed by atoms with Crippen molar-refractivity contribution in [2.45, 2.75) is 13.0 Å². The summed E-state index contributed by atoms with van der Waals surface area (Å²) < 4.78 is 0. The number of carbonyl (C=O) groups is 1. The van der Waals surface area contributed by atoms with Crippen molar-refractivity contribution in [1.29, 1.82) is 0 Å². The average Bonchev–Trinajstić information content (AvgIpc) is 2.53. The van der Waals surface area contributed by atoms with Crippen LogP contribution < -0.4 is 10.6 Å². The first-order valence-electron chi connectivity index (χ1n) is 7.09. The second-order valence-electron chi connectivity index (χ2n) is 5.12. The third-order valence-electron chi connectivity index (χ3n) is 3.34. The normalized spacial score (nSPS) is 11.8. The van der Waals surface area contributed by atoms with Crippen LogP contribution in [-0.2, 0) is 4.79 Å². The predicted octanol–water partition coefficient (Wildman–Crippen LogP) is 4.19. The second-order valence-corrected chi connectivity index (χ2v) is 5.97. The minimum atomic E-state index is -0.515. The number of nitrogens with zero attached hydrogens (tertiary/aromatic N) is 1. The Kier molecular flexibility index (Phi) is 6.14. The van der Waals surface area contributed by atoms with E-state index >= 15 is 0 Å². The number of carbonyl (C=O) groups excluding carboxylic acids is 1. The highest BCUT2D eigenvalue weighted by molar-refractivity contribution is 6.35. The summed E-state index contributed by atoms with van der Waals surface area (Å²) in [4.78, 5) is 22.2. The highest BCUT2D eigenvalue weighted by Crippen LogP contribution is 2.26. The summed E-state index contributed by atoms with van der Waals surface area (Å²) in [6.07, 6.45) is 0. The van der Waals surface area contributed by atoms with Gasteiger partial charge >= 0.3 is 0 Å². The van der Waals surface area contributed by atoms with Crippen LogP contribution in [0.4, 0.5) is 11.4 Å². The van der Waals surface area contributed by atoms with Crippen molar-refractivity contribution >= 4 is 40.5 Å². The molecule has 0 fully saturated rings. The maximum Gasteiger partial charge on any atom is 0.271 e. The number of nitrogens with one attached hydrogen (secondary N) is 2. The van der Waals surface area contributed by atoms with Gasteiger partial charge in [0, 0.05) is 33.9 Å². The van der Waals surface area contributed by atoms with Gasteiger partial charge in [-0.15, -0.1) is 0 Å². The highest BCUT2D eigenvalue weighted by Gasteiger charge is 2.12. The van der Waals surface area contributed by atoms with E-state index in [1.807, 2.05) is 6.92 Å². The van der Waals surface area contributed by atoms with Crippen LogP contribution in [0, 0.1) is 10.1 Å². The van der Waals surface area contributed by atoms with Crippen LogP contribution in [0.2, 0.25) is 10.0 Å². The van der Waals surface area contributed by atoms with Gasteiger partial charge in [-0.3, -0.25) is 14.9 Å². The average molecular weight is 368 g/mol. The smallest absolute Gasteiger partial charge is 0.271 e. The van der Waals surface area contributed by atoms with Gasteiger partial charge in [0.15, 0.2) is 0 Å². The number of anilines is 1. The Hall–Kier alpha value is -2.15. The van der Waals surface area contributed by atoms with Gasteiger partial charge in [0.1, 0.15) is 0 Å². The van der Waals surface area contributed by atoms with E-state index in [0.29, 0.717) is 15.7 Å². The van der Waals surface area contributed by atoms with Gasteiger partial charge < -0.3 is 10.6 Å². The Morgan fingerprint density at radius 2 is 2.00 bits per heavy atom. The molecule has 24 heavy (non-hydrogen) atoms. The van der Waals surface area contributed by atoms with Crippen LogP contribution in [0.3, 0.4) is 0 Å². The largest absolute Gasteiger partial charge is 0.325 e. The lowest BCUT2D eigenvalue weighted by Crippen LogP contribution is -2.30. The van der Waals surface area contributed by atoms with Crippen molar-refractivity contribution in [3.8, 4) is 0 Å². The fraction of sp³-hybridized carbons (Fsp3) is 0.188. The molecule has 1 amide bonds. The standard InChI is InChI=1S/C16H15Cl2N3O3/c1-10(14-6-5-11(17)7-15(14)18)19-9-16(22)20-12-3-2-4-13(8-12)21(23)24/h2-8,10,19H,9H2,1H3,(H,20,22)/t10-/m0/s1. The molecule has 2 N–H and O–H groups in total. The van der Waals surface area contributed by atoms with Crippen LogP contribution >= 0.6 is 23.2 Å². The first-order chi connectivity index (χ1) is 11.4. The van der Waals surface area contributed by atoms with Gasteiger partial charge in [-0.1, -0.05) is 35.3 Å². The molecule has 0 saturated carbocycles. The first kappa shape index (κ1) is 18.2. The summed E-state index contributed by atoms with van der Waals surface area (Å²) in [5.41, 5.74) is 1.11. The Balaban J connectivity index is 1.93. The lowest BCUT2D eigenvalue weighted by atomic mass is 10.1. The molecule has 2 aromatic rings. The van der Waals surface area contributed by atoms with E-state index in [9.17, 15) is 14.9 Å². The molecule has 0 saturated heterocycles. The van der Waals surface area contributed by atoms with Crippen LogP contribution in [0.15, 0.2) is 42.5 Å². The van der Waals surface area contributed by atoms with E-state index in [0.717, 1.165) is 5.56 Å². The summed E-state index contributed by atoms with van der Waals surface area (Å²) >= 11 is 12.0. The molecule has 0 spiro atoms. The zero-order chi connectivity index (χ0) is 17.7. The lowest BCUT2D eigenvalue weighted by molar-refractivity contribution is -0.384. The van der Waals surface area contributed by atoms with Crippen molar-refractivity contribution < 1.29 is 9.72 Å². The molecule has 2 aromatic carbocycles. The van der Waals surface area contributed by atoms with E-state index in [1.54, 1.807) is 24.3 Å². The summed E-state index contributed by atoms with van der Waals surface area (Å²) in [5.74, 6) is -0.313. The van der Waals surface area contributed by atoms with Crippen molar-refractivity contribution in [2.75, 3.05) is 11.9 Å². The number of amides is 1. The lowest BCUT2D eigenvalue weighted by Gasteiger charge is -2.15. The van der Waals surface area contributed by atoms with E-state index < -0.39 is 4.92 Å². The molecule has 0 heterocycles. The molecule has 0 aliphatic carbocycles. The molecule has 2 rings (SSSR count). The molecule has 0 aliphatic heterocycles. The van der Waals surface area contributed by atoms with E-state index in [1.165, 1.54) is 18.2 Å². The Labute approximate surface area is 148 Å². The van der Waals surface area contributed by atoms with Crippen LogP contribution in [0.25, 0.3) is 0 Å². The minimum absolute atomic E-state index is 0.0306. The SMILES string of the molecule is C[C@H](NCC(=O)Nc1cccc([N+](=O)[O-])c1)c1ccc(Cl)cc1Cl. The van der Waals surface area contributed by atoms with Crippen LogP contribution in [-0.4, -0.2) is 17.4 Å². The van der Waals surface area contributed by atoms with Gasteiger partial charge in [-0.2, -0.15) is 0 Å². The molecule has 8 heteroatoms. The third kappa shape index (κ3) is 4.92. The fourth-order valence-electron chi connectivity index (χ4n) is 2.11. The zero-order valence-corrected chi connectivity index (χ0v) is 14.3. The van der Waals surface area contributed by atoms with Crippen LogP contribution in [0.5, 0.6) is 0 Å². The number of hydrogen-bond donors (Lipinski definition) is 2. The number of nitro benzene ring substituents is 1. The quantitative estimate of drug-likeness (QED) is 0.592. The topological polar surface area (TPSA) is 84.3 Å². The molecular formula is C16H15Cl2N3O3. The Morgan fingerprint density at radius 3 is 2.67 bits per heavy atom.